The van der Waals surface area contributed by atoms with E-state index in [1.54, 1.807) is 0 Å². The number of benzene rings is 1. The first kappa shape index (κ1) is 9.84. The summed E-state index contributed by atoms with van der Waals surface area (Å²) >= 11 is 11.4. The average molecular weight is 225 g/mol. The van der Waals surface area contributed by atoms with Crippen LogP contribution in [0.1, 0.15) is 0 Å². The second-order valence-electron chi connectivity index (χ2n) is 2.16. The van der Waals surface area contributed by atoms with Gasteiger partial charge in [0.15, 0.2) is 0 Å². The molecule has 0 fully saturated rings. The van der Waals surface area contributed by atoms with Crippen molar-refractivity contribution in [2.75, 3.05) is 6.26 Å². The Morgan fingerprint density at radius 3 is 2.42 bits per heavy atom. The standard InChI is InChI=1S/C7H6Cl2O2S/c1-12(11)7-5(10)3-2-4(8)6(7)9/h2-3,10H,1H3. The molecule has 1 aromatic carbocycles. The molecule has 5 heteroatoms. The van der Waals surface area contributed by atoms with Crippen molar-refractivity contribution in [1.82, 2.24) is 0 Å². The highest BCUT2D eigenvalue weighted by molar-refractivity contribution is 7.84. The van der Waals surface area contributed by atoms with Crippen molar-refractivity contribution >= 4 is 34.0 Å². The van der Waals surface area contributed by atoms with Crippen LogP contribution in [0.2, 0.25) is 10.0 Å². The van der Waals surface area contributed by atoms with E-state index in [-0.39, 0.29) is 15.7 Å². The number of phenolic OH excluding ortho intramolecular Hbond substituents is 1. The van der Waals surface area contributed by atoms with Gasteiger partial charge in [0.2, 0.25) is 0 Å². The van der Waals surface area contributed by atoms with E-state index in [1.807, 2.05) is 0 Å². The van der Waals surface area contributed by atoms with Crippen LogP contribution in [-0.2, 0) is 10.8 Å². The molecule has 1 rings (SSSR count). The van der Waals surface area contributed by atoms with Crippen LogP contribution in [0.5, 0.6) is 5.75 Å². The molecule has 1 aromatic rings. The predicted molar refractivity (Wildman–Crippen MR) is 50.5 cm³/mol. The summed E-state index contributed by atoms with van der Waals surface area (Å²) in [6.45, 7) is 0. The molecule has 0 saturated heterocycles. The highest BCUT2D eigenvalue weighted by Gasteiger charge is 2.12. The Bertz CT molecular complexity index is 338. The molecule has 12 heavy (non-hydrogen) atoms. The maximum absolute atomic E-state index is 11.0. The van der Waals surface area contributed by atoms with Gasteiger partial charge in [0, 0.05) is 6.26 Å². The minimum Gasteiger partial charge on any atom is -0.507 e. The third kappa shape index (κ3) is 1.73. The van der Waals surface area contributed by atoms with E-state index >= 15 is 0 Å². The Morgan fingerprint density at radius 1 is 1.42 bits per heavy atom. The zero-order chi connectivity index (χ0) is 9.30. The minimum atomic E-state index is -1.33. The van der Waals surface area contributed by atoms with Crippen LogP contribution in [0.25, 0.3) is 0 Å². The maximum Gasteiger partial charge on any atom is 0.133 e. The minimum absolute atomic E-state index is 0.0924. The number of halogens is 2. The Balaban J connectivity index is 3.43. The monoisotopic (exact) mass is 224 g/mol. The molecule has 0 aliphatic carbocycles. The molecule has 1 unspecified atom stereocenters. The van der Waals surface area contributed by atoms with Gasteiger partial charge in [-0.2, -0.15) is 0 Å². The van der Waals surface area contributed by atoms with Gasteiger partial charge < -0.3 is 5.11 Å². The molecule has 0 aliphatic heterocycles. The third-order valence-electron chi connectivity index (χ3n) is 1.32. The molecule has 0 saturated carbocycles. The molecule has 0 aliphatic rings. The fourth-order valence-corrected chi connectivity index (χ4v) is 2.22. The molecular formula is C7H6Cl2O2S. The van der Waals surface area contributed by atoms with Gasteiger partial charge in [-0.25, -0.2) is 0 Å². The van der Waals surface area contributed by atoms with E-state index in [4.69, 9.17) is 23.2 Å². The van der Waals surface area contributed by atoms with Crippen molar-refractivity contribution in [3.05, 3.63) is 22.2 Å². The lowest BCUT2D eigenvalue weighted by Gasteiger charge is -2.04. The summed E-state index contributed by atoms with van der Waals surface area (Å²) in [4.78, 5) is 0.184. The number of rotatable bonds is 1. The second-order valence-corrected chi connectivity index (χ2v) is 4.27. The van der Waals surface area contributed by atoms with E-state index < -0.39 is 10.8 Å². The van der Waals surface area contributed by atoms with Crippen molar-refractivity contribution in [3.63, 3.8) is 0 Å². The highest BCUT2D eigenvalue weighted by atomic mass is 35.5. The van der Waals surface area contributed by atoms with Crippen LogP contribution in [-0.4, -0.2) is 15.6 Å². The van der Waals surface area contributed by atoms with E-state index in [2.05, 4.69) is 0 Å². The summed E-state index contributed by atoms with van der Waals surface area (Å²) in [7, 11) is -1.33. The summed E-state index contributed by atoms with van der Waals surface area (Å²) in [6, 6.07) is 2.82. The molecule has 0 radical (unpaired) electrons. The number of hydrogen-bond donors (Lipinski definition) is 1. The molecular weight excluding hydrogens is 219 g/mol. The van der Waals surface area contributed by atoms with E-state index in [1.165, 1.54) is 18.4 Å². The topological polar surface area (TPSA) is 37.3 Å². The maximum atomic E-state index is 11.0. The van der Waals surface area contributed by atoms with Crippen molar-refractivity contribution < 1.29 is 9.32 Å². The quantitative estimate of drug-likeness (QED) is 0.796. The van der Waals surface area contributed by atoms with E-state index in [0.29, 0.717) is 5.02 Å². The fourth-order valence-electron chi connectivity index (χ4n) is 0.795. The van der Waals surface area contributed by atoms with Crippen molar-refractivity contribution in [1.29, 1.82) is 0 Å². The highest BCUT2D eigenvalue weighted by Crippen LogP contribution is 2.34. The lowest BCUT2D eigenvalue weighted by atomic mass is 10.3. The molecule has 0 amide bonds. The van der Waals surface area contributed by atoms with Crippen molar-refractivity contribution in [3.8, 4) is 5.75 Å². The first-order valence-corrected chi connectivity index (χ1v) is 5.36. The molecule has 0 heterocycles. The molecule has 1 N–H and O–H groups in total. The molecule has 1 atom stereocenters. The molecule has 2 nitrogen and oxygen atoms in total. The Kier molecular flexibility index (Phi) is 2.99. The van der Waals surface area contributed by atoms with Crippen LogP contribution >= 0.6 is 23.2 Å². The number of aromatic hydroxyl groups is 1. The van der Waals surface area contributed by atoms with Gasteiger partial charge >= 0.3 is 0 Å². The summed E-state index contributed by atoms with van der Waals surface area (Å²) in [6.07, 6.45) is 1.43. The van der Waals surface area contributed by atoms with Crippen LogP contribution in [0.3, 0.4) is 0 Å². The first-order valence-electron chi connectivity index (χ1n) is 3.04. The molecule has 0 bridgehead atoms. The lowest BCUT2D eigenvalue weighted by molar-refractivity contribution is 0.461. The SMILES string of the molecule is CS(=O)c1c(O)ccc(Cl)c1Cl. The normalized spacial score (nSPS) is 12.9. The van der Waals surface area contributed by atoms with E-state index in [9.17, 15) is 9.32 Å². The summed E-state index contributed by atoms with van der Waals surface area (Å²) in [5.74, 6) is -0.0924. The van der Waals surface area contributed by atoms with Gasteiger partial charge in [-0.05, 0) is 12.1 Å². The van der Waals surface area contributed by atoms with Gasteiger partial charge in [0.25, 0.3) is 0 Å². The van der Waals surface area contributed by atoms with Gasteiger partial charge in [0.1, 0.15) is 10.6 Å². The average Bonchev–Trinajstić information content (AvgIpc) is 1.97. The van der Waals surface area contributed by atoms with Crippen molar-refractivity contribution in [2.24, 2.45) is 0 Å². The lowest BCUT2D eigenvalue weighted by Crippen LogP contribution is -1.90. The van der Waals surface area contributed by atoms with Gasteiger partial charge in [-0.1, -0.05) is 23.2 Å². The zero-order valence-corrected chi connectivity index (χ0v) is 8.50. The predicted octanol–water partition coefficient (Wildman–Crippen LogP) is 2.44. The second kappa shape index (κ2) is 3.64. The largest absolute Gasteiger partial charge is 0.507 e. The molecule has 66 valence electrons. The third-order valence-corrected chi connectivity index (χ3v) is 3.22. The summed E-state index contributed by atoms with van der Waals surface area (Å²) in [5.41, 5.74) is 0. The summed E-state index contributed by atoms with van der Waals surface area (Å²) in [5, 5.41) is 9.69. The summed E-state index contributed by atoms with van der Waals surface area (Å²) < 4.78 is 11.0. The van der Waals surface area contributed by atoms with Gasteiger partial charge in [-0.15, -0.1) is 0 Å². The zero-order valence-electron chi connectivity index (χ0n) is 6.17. The first-order chi connectivity index (χ1) is 5.54. The fraction of sp³-hybridized carbons (Fsp3) is 0.143. The van der Waals surface area contributed by atoms with Crippen LogP contribution < -0.4 is 0 Å². The number of phenols is 1. The molecule has 0 spiro atoms. The van der Waals surface area contributed by atoms with Gasteiger partial charge in [0.05, 0.1) is 20.8 Å². The Labute approximate surface area is 82.6 Å². The van der Waals surface area contributed by atoms with Crippen LogP contribution in [0.4, 0.5) is 0 Å². The van der Waals surface area contributed by atoms with Crippen LogP contribution in [0, 0.1) is 0 Å². The Hall–Kier alpha value is -0.250. The number of hydrogen-bond acceptors (Lipinski definition) is 2. The van der Waals surface area contributed by atoms with Crippen molar-refractivity contribution in [2.45, 2.75) is 4.90 Å². The Morgan fingerprint density at radius 2 is 2.00 bits per heavy atom. The smallest absolute Gasteiger partial charge is 0.133 e. The van der Waals surface area contributed by atoms with Gasteiger partial charge in [-0.3, -0.25) is 4.21 Å². The van der Waals surface area contributed by atoms with E-state index in [0.717, 1.165) is 0 Å². The van der Waals surface area contributed by atoms with Crippen LogP contribution in [0.15, 0.2) is 17.0 Å². The molecule has 0 aromatic heterocycles.